The number of aromatic nitrogens is 1. The maximum absolute atomic E-state index is 8.45. The highest BCUT2D eigenvalue weighted by atomic mass is 14.6. The van der Waals surface area contributed by atoms with Crippen molar-refractivity contribution in [3.8, 4) is 17.2 Å². The quantitative estimate of drug-likeness (QED) is 0.725. The normalized spacial score (nSPS) is 10.4. The summed E-state index contributed by atoms with van der Waals surface area (Å²) in [6, 6.07) is 14.1. The summed E-state index contributed by atoms with van der Waals surface area (Å²) in [7, 11) is 0. The van der Waals surface area contributed by atoms with Crippen LogP contribution >= 0.6 is 0 Å². The lowest BCUT2D eigenvalue weighted by molar-refractivity contribution is 1.20. The molecule has 2 aromatic rings. The van der Waals surface area contributed by atoms with E-state index in [2.05, 4.69) is 11.1 Å². The third kappa shape index (κ3) is 2.79. The van der Waals surface area contributed by atoms with Crippen LogP contribution in [0.4, 0.5) is 0 Å². The standard InChI is InChI=1S/C15H12N2/c1-12-11-15(8-10-17-12)14-6-4-13(5-7-14)3-2-9-16/h2-8,10-11H,1H3. The Labute approximate surface area is 101 Å². The maximum Gasteiger partial charge on any atom is 0.0912 e. The van der Waals surface area contributed by atoms with Gasteiger partial charge in [-0.1, -0.05) is 24.3 Å². The van der Waals surface area contributed by atoms with Gasteiger partial charge in [-0.3, -0.25) is 4.98 Å². The first-order chi connectivity index (χ1) is 8.29. The van der Waals surface area contributed by atoms with E-state index in [9.17, 15) is 0 Å². The molecule has 0 saturated heterocycles. The first-order valence-electron chi connectivity index (χ1n) is 5.39. The molecule has 82 valence electrons. The van der Waals surface area contributed by atoms with Crippen LogP contribution in [0.5, 0.6) is 0 Å². The molecule has 0 aliphatic heterocycles. The number of nitriles is 1. The van der Waals surface area contributed by atoms with Gasteiger partial charge in [0.15, 0.2) is 0 Å². The van der Waals surface area contributed by atoms with Crippen LogP contribution in [-0.4, -0.2) is 4.98 Å². The van der Waals surface area contributed by atoms with E-state index < -0.39 is 0 Å². The molecule has 1 heterocycles. The van der Waals surface area contributed by atoms with Gasteiger partial charge in [-0.15, -0.1) is 0 Å². The molecule has 0 bridgehead atoms. The average molecular weight is 220 g/mol. The topological polar surface area (TPSA) is 36.7 Å². The van der Waals surface area contributed by atoms with E-state index in [1.165, 1.54) is 6.08 Å². The van der Waals surface area contributed by atoms with Crippen LogP contribution in [-0.2, 0) is 0 Å². The smallest absolute Gasteiger partial charge is 0.0912 e. The summed E-state index contributed by atoms with van der Waals surface area (Å²) < 4.78 is 0. The Morgan fingerprint density at radius 2 is 1.88 bits per heavy atom. The van der Waals surface area contributed by atoms with Gasteiger partial charge in [-0.25, -0.2) is 0 Å². The SMILES string of the molecule is Cc1cc(-c2ccc(C=CC#N)cc2)ccn1. The van der Waals surface area contributed by atoms with Crippen molar-refractivity contribution in [2.24, 2.45) is 0 Å². The molecule has 0 saturated carbocycles. The second kappa shape index (κ2) is 5.09. The zero-order valence-corrected chi connectivity index (χ0v) is 9.59. The second-order valence-corrected chi connectivity index (χ2v) is 3.77. The van der Waals surface area contributed by atoms with Crippen molar-refractivity contribution in [2.45, 2.75) is 6.92 Å². The number of benzene rings is 1. The summed E-state index contributed by atoms with van der Waals surface area (Å²) >= 11 is 0. The number of pyridine rings is 1. The van der Waals surface area contributed by atoms with E-state index in [-0.39, 0.29) is 0 Å². The molecule has 2 heteroatoms. The Kier molecular flexibility index (Phi) is 3.32. The molecule has 1 aromatic heterocycles. The van der Waals surface area contributed by atoms with Gasteiger partial charge in [0.05, 0.1) is 6.07 Å². The molecule has 0 amide bonds. The molecule has 0 fully saturated rings. The van der Waals surface area contributed by atoms with Gasteiger partial charge >= 0.3 is 0 Å². The first-order valence-corrected chi connectivity index (χ1v) is 5.39. The third-order valence-electron chi connectivity index (χ3n) is 2.49. The third-order valence-corrected chi connectivity index (χ3v) is 2.49. The van der Waals surface area contributed by atoms with Crippen molar-refractivity contribution in [3.63, 3.8) is 0 Å². The van der Waals surface area contributed by atoms with Crippen LogP contribution in [0.1, 0.15) is 11.3 Å². The van der Waals surface area contributed by atoms with Crippen LogP contribution in [0.3, 0.4) is 0 Å². The minimum absolute atomic E-state index is 1.01. The molecule has 17 heavy (non-hydrogen) atoms. The molecule has 0 spiro atoms. The summed E-state index contributed by atoms with van der Waals surface area (Å²) in [6.45, 7) is 1.98. The van der Waals surface area contributed by atoms with Crippen LogP contribution in [0, 0.1) is 18.3 Å². The highest BCUT2D eigenvalue weighted by Gasteiger charge is 1.97. The minimum atomic E-state index is 1.01. The van der Waals surface area contributed by atoms with E-state index in [1.54, 1.807) is 6.08 Å². The van der Waals surface area contributed by atoms with Gasteiger partial charge in [-0.2, -0.15) is 5.26 Å². The number of rotatable bonds is 2. The number of nitrogens with zero attached hydrogens (tertiary/aromatic N) is 2. The number of hydrogen-bond donors (Lipinski definition) is 0. The zero-order valence-electron chi connectivity index (χ0n) is 9.59. The first kappa shape index (κ1) is 11.1. The van der Waals surface area contributed by atoms with Crippen molar-refractivity contribution in [1.82, 2.24) is 4.98 Å². The minimum Gasteiger partial charge on any atom is -0.262 e. The molecule has 0 aliphatic carbocycles. The summed E-state index contributed by atoms with van der Waals surface area (Å²) in [4.78, 5) is 4.18. The number of aryl methyl sites for hydroxylation is 1. The predicted octanol–water partition coefficient (Wildman–Crippen LogP) is 3.59. The Morgan fingerprint density at radius 1 is 1.12 bits per heavy atom. The molecule has 1 aromatic carbocycles. The second-order valence-electron chi connectivity index (χ2n) is 3.77. The van der Waals surface area contributed by atoms with Crippen molar-refractivity contribution in [1.29, 1.82) is 5.26 Å². The van der Waals surface area contributed by atoms with Crippen LogP contribution in [0.2, 0.25) is 0 Å². The van der Waals surface area contributed by atoms with E-state index in [0.29, 0.717) is 0 Å². The van der Waals surface area contributed by atoms with Crippen LogP contribution in [0.25, 0.3) is 17.2 Å². The van der Waals surface area contributed by atoms with Gasteiger partial charge < -0.3 is 0 Å². The van der Waals surface area contributed by atoms with Crippen molar-refractivity contribution in [3.05, 3.63) is 59.9 Å². The van der Waals surface area contributed by atoms with E-state index >= 15 is 0 Å². The van der Waals surface area contributed by atoms with E-state index in [1.807, 2.05) is 49.5 Å². The lowest BCUT2D eigenvalue weighted by atomic mass is 10.0. The van der Waals surface area contributed by atoms with Gasteiger partial charge in [-0.05, 0) is 41.8 Å². The summed E-state index contributed by atoms with van der Waals surface area (Å²) in [6.07, 6.45) is 5.08. The summed E-state index contributed by atoms with van der Waals surface area (Å²) in [5, 5.41) is 8.45. The summed E-state index contributed by atoms with van der Waals surface area (Å²) in [5.41, 5.74) is 4.36. The van der Waals surface area contributed by atoms with Gasteiger partial charge in [0.25, 0.3) is 0 Å². The Hall–Kier alpha value is -2.40. The van der Waals surface area contributed by atoms with E-state index in [0.717, 1.165) is 22.4 Å². The van der Waals surface area contributed by atoms with Gasteiger partial charge in [0.2, 0.25) is 0 Å². The Balaban J connectivity index is 2.30. The fourth-order valence-electron chi connectivity index (χ4n) is 1.65. The monoisotopic (exact) mass is 220 g/mol. The fourth-order valence-corrected chi connectivity index (χ4v) is 1.65. The lowest BCUT2D eigenvalue weighted by Gasteiger charge is -2.02. The largest absolute Gasteiger partial charge is 0.262 e. The Bertz CT molecular complexity index is 575. The van der Waals surface area contributed by atoms with E-state index in [4.69, 9.17) is 5.26 Å². The molecular weight excluding hydrogens is 208 g/mol. The highest BCUT2D eigenvalue weighted by Crippen LogP contribution is 2.20. The van der Waals surface area contributed by atoms with Gasteiger partial charge in [0, 0.05) is 18.0 Å². The predicted molar refractivity (Wildman–Crippen MR) is 69.1 cm³/mol. The summed E-state index contributed by atoms with van der Waals surface area (Å²) in [5.74, 6) is 0. The van der Waals surface area contributed by atoms with Crippen molar-refractivity contribution < 1.29 is 0 Å². The Morgan fingerprint density at radius 3 is 2.53 bits per heavy atom. The molecule has 2 rings (SSSR count). The maximum atomic E-state index is 8.45. The van der Waals surface area contributed by atoms with Gasteiger partial charge in [0.1, 0.15) is 0 Å². The van der Waals surface area contributed by atoms with Crippen molar-refractivity contribution >= 4 is 6.08 Å². The zero-order chi connectivity index (χ0) is 12.1. The molecule has 0 atom stereocenters. The van der Waals surface area contributed by atoms with Crippen LogP contribution < -0.4 is 0 Å². The fraction of sp³-hybridized carbons (Fsp3) is 0.0667. The van der Waals surface area contributed by atoms with Crippen molar-refractivity contribution in [2.75, 3.05) is 0 Å². The number of allylic oxidation sites excluding steroid dienone is 1. The molecule has 0 N–H and O–H groups in total. The lowest BCUT2D eigenvalue weighted by Crippen LogP contribution is -1.83. The van der Waals surface area contributed by atoms with Crippen LogP contribution in [0.15, 0.2) is 48.7 Å². The molecule has 0 unspecified atom stereocenters. The molecule has 0 aliphatic rings. The average Bonchev–Trinajstić information content (AvgIpc) is 2.37. The molecule has 2 nitrogen and oxygen atoms in total. The highest BCUT2D eigenvalue weighted by molar-refractivity contribution is 5.65. The number of hydrogen-bond acceptors (Lipinski definition) is 2. The molecule has 0 radical (unpaired) electrons. The molecular formula is C15H12N2.